The standard InChI is InChI=1S/C23H26N2O6.ClH/c1-27-17-4-2-16(3-5-17)25-14-20(31-23(25)26)13-24-10-8-18(9-11-24)30-19-6-7-21-22(12-19)29-15-28-21;/h2-7,12,18,20H,8-11,13-15H2,1H3;1H/t20-;/m0./s1. The van der Waals surface area contributed by atoms with Crippen molar-refractivity contribution in [2.24, 2.45) is 0 Å². The molecule has 2 fully saturated rings. The van der Waals surface area contributed by atoms with E-state index in [1.54, 1.807) is 12.0 Å². The highest BCUT2D eigenvalue weighted by atomic mass is 35.5. The van der Waals surface area contributed by atoms with Crippen molar-refractivity contribution in [1.82, 2.24) is 4.90 Å². The fourth-order valence-electron chi connectivity index (χ4n) is 4.23. The Hall–Kier alpha value is -2.84. The topological polar surface area (TPSA) is 69.7 Å². The van der Waals surface area contributed by atoms with Gasteiger partial charge in [-0.1, -0.05) is 0 Å². The van der Waals surface area contributed by atoms with E-state index in [1.807, 2.05) is 42.5 Å². The van der Waals surface area contributed by atoms with Gasteiger partial charge in [0.05, 0.1) is 13.7 Å². The number of methoxy groups -OCH3 is 1. The molecule has 1 atom stereocenters. The molecule has 0 aliphatic carbocycles. The Morgan fingerprint density at radius 3 is 2.47 bits per heavy atom. The number of hydrogen-bond donors (Lipinski definition) is 0. The average Bonchev–Trinajstić information content (AvgIpc) is 3.41. The number of amides is 1. The number of rotatable bonds is 6. The highest BCUT2D eigenvalue weighted by Crippen LogP contribution is 2.36. The van der Waals surface area contributed by atoms with Crippen LogP contribution in [0.25, 0.3) is 0 Å². The Bertz CT molecular complexity index is 933. The first-order valence-electron chi connectivity index (χ1n) is 10.6. The number of ether oxygens (including phenoxy) is 5. The van der Waals surface area contributed by atoms with Crippen LogP contribution in [0.4, 0.5) is 10.5 Å². The van der Waals surface area contributed by atoms with Crippen molar-refractivity contribution in [3.05, 3.63) is 42.5 Å². The first-order chi connectivity index (χ1) is 15.2. The molecule has 32 heavy (non-hydrogen) atoms. The third-order valence-electron chi connectivity index (χ3n) is 5.90. The monoisotopic (exact) mass is 462 g/mol. The molecule has 8 nitrogen and oxygen atoms in total. The van der Waals surface area contributed by atoms with E-state index in [1.165, 1.54) is 0 Å². The molecular formula is C23H27ClN2O6. The zero-order valence-corrected chi connectivity index (χ0v) is 18.7. The predicted molar refractivity (Wildman–Crippen MR) is 121 cm³/mol. The molecule has 2 aromatic carbocycles. The third kappa shape index (κ3) is 4.81. The molecule has 0 N–H and O–H groups in total. The van der Waals surface area contributed by atoms with Gasteiger partial charge >= 0.3 is 6.09 Å². The van der Waals surface area contributed by atoms with E-state index in [4.69, 9.17) is 23.7 Å². The second kappa shape index (κ2) is 9.75. The van der Waals surface area contributed by atoms with Crippen LogP contribution in [0, 0.1) is 0 Å². The van der Waals surface area contributed by atoms with Crippen LogP contribution in [0.3, 0.4) is 0 Å². The Labute approximate surface area is 193 Å². The highest BCUT2D eigenvalue weighted by Gasteiger charge is 2.34. The maximum Gasteiger partial charge on any atom is 0.414 e. The van der Waals surface area contributed by atoms with Crippen molar-refractivity contribution in [1.29, 1.82) is 0 Å². The first-order valence-corrected chi connectivity index (χ1v) is 10.6. The minimum Gasteiger partial charge on any atom is -0.497 e. The van der Waals surface area contributed by atoms with Crippen LogP contribution in [-0.2, 0) is 4.74 Å². The van der Waals surface area contributed by atoms with Crippen molar-refractivity contribution < 1.29 is 28.5 Å². The van der Waals surface area contributed by atoms with E-state index in [0.29, 0.717) is 6.54 Å². The summed E-state index contributed by atoms with van der Waals surface area (Å²) in [7, 11) is 1.62. The largest absolute Gasteiger partial charge is 0.497 e. The highest BCUT2D eigenvalue weighted by molar-refractivity contribution is 5.89. The van der Waals surface area contributed by atoms with Crippen molar-refractivity contribution >= 4 is 24.2 Å². The van der Waals surface area contributed by atoms with Crippen LogP contribution in [0.5, 0.6) is 23.0 Å². The Kier molecular flexibility index (Phi) is 6.81. The molecule has 172 valence electrons. The van der Waals surface area contributed by atoms with Gasteiger partial charge in [-0.15, -0.1) is 12.4 Å². The molecule has 0 unspecified atom stereocenters. The van der Waals surface area contributed by atoms with Gasteiger partial charge in [-0.25, -0.2) is 4.79 Å². The summed E-state index contributed by atoms with van der Waals surface area (Å²) in [6.45, 7) is 3.37. The van der Waals surface area contributed by atoms with Gasteiger partial charge in [0.15, 0.2) is 11.5 Å². The number of benzene rings is 2. The molecule has 2 aromatic rings. The van der Waals surface area contributed by atoms with E-state index < -0.39 is 0 Å². The first kappa shape index (κ1) is 22.4. The molecule has 3 aliphatic rings. The molecule has 1 amide bonds. The maximum absolute atomic E-state index is 12.3. The number of piperidine rings is 1. The van der Waals surface area contributed by atoms with Gasteiger partial charge in [0.2, 0.25) is 6.79 Å². The minimum atomic E-state index is -0.295. The van der Waals surface area contributed by atoms with Crippen LogP contribution in [0.1, 0.15) is 12.8 Å². The number of halogens is 1. The summed E-state index contributed by atoms with van der Waals surface area (Å²) in [4.78, 5) is 16.4. The van der Waals surface area contributed by atoms with Crippen LogP contribution < -0.4 is 23.8 Å². The number of hydrogen-bond acceptors (Lipinski definition) is 7. The van der Waals surface area contributed by atoms with Gasteiger partial charge in [0.25, 0.3) is 0 Å². The molecule has 3 aliphatic heterocycles. The Morgan fingerprint density at radius 2 is 1.72 bits per heavy atom. The zero-order valence-electron chi connectivity index (χ0n) is 17.9. The fraction of sp³-hybridized carbons (Fsp3) is 0.435. The lowest BCUT2D eigenvalue weighted by atomic mass is 10.1. The van der Waals surface area contributed by atoms with Gasteiger partial charge in [-0.3, -0.25) is 9.80 Å². The molecule has 0 aromatic heterocycles. The summed E-state index contributed by atoms with van der Waals surface area (Å²) in [5.41, 5.74) is 0.823. The summed E-state index contributed by atoms with van der Waals surface area (Å²) >= 11 is 0. The number of carbonyl (C=O) groups is 1. The van der Waals surface area contributed by atoms with Crippen molar-refractivity contribution in [2.75, 3.05) is 45.0 Å². The zero-order chi connectivity index (χ0) is 21.2. The van der Waals surface area contributed by atoms with E-state index in [-0.39, 0.29) is 37.5 Å². The van der Waals surface area contributed by atoms with Crippen molar-refractivity contribution in [3.8, 4) is 23.0 Å². The minimum absolute atomic E-state index is 0. The van der Waals surface area contributed by atoms with Crippen molar-refractivity contribution in [3.63, 3.8) is 0 Å². The number of carbonyl (C=O) groups excluding carboxylic acids is 1. The molecule has 3 heterocycles. The number of anilines is 1. The normalized spacial score (nSPS) is 20.6. The number of likely N-dealkylation sites (tertiary alicyclic amines) is 1. The van der Waals surface area contributed by atoms with Gasteiger partial charge in [-0.05, 0) is 49.2 Å². The molecule has 0 radical (unpaired) electrons. The summed E-state index contributed by atoms with van der Waals surface area (Å²) in [6, 6.07) is 13.1. The van der Waals surface area contributed by atoms with E-state index in [2.05, 4.69) is 4.90 Å². The Balaban J connectivity index is 0.00000245. The third-order valence-corrected chi connectivity index (χ3v) is 5.90. The van der Waals surface area contributed by atoms with E-state index in [0.717, 1.165) is 61.2 Å². The summed E-state index contributed by atoms with van der Waals surface area (Å²) < 4.78 is 27.7. The fourth-order valence-corrected chi connectivity index (χ4v) is 4.23. The van der Waals surface area contributed by atoms with Gasteiger partial charge in [-0.2, -0.15) is 0 Å². The lowest BCUT2D eigenvalue weighted by Gasteiger charge is -2.33. The van der Waals surface area contributed by atoms with Gasteiger partial charge in [0.1, 0.15) is 23.7 Å². The second-order valence-electron chi connectivity index (χ2n) is 7.95. The maximum atomic E-state index is 12.3. The Morgan fingerprint density at radius 1 is 1.00 bits per heavy atom. The van der Waals surface area contributed by atoms with E-state index >= 15 is 0 Å². The molecule has 0 saturated carbocycles. The lowest BCUT2D eigenvalue weighted by molar-refractivity contribution is 0.0654. The summed E-state index contributed by atoms with van der Waals surface area (Å²) in [5.74, 6) is 3.07. The molecule has 0 bridgehead atoms. The van der Waals surface area contributed by atoms with Gasteiger partial charge < -0.3 is 23.7 Å². The molecule has 5 rings (SSSR count). The summed E-state index contributed by atoms with van der Waals surface area (Å²) in [6.07, 6.45) is 1.59. The quantitative estimate of drug-likeness (QED) is 0.648. The molecule has 0 spiro atoms. The van der Waals surface area contributed by atoms with Gasteiger partial charge in [0, 0.05) is 31.4 Å². The average molecular weight is 463 g/mol. The van der Waals surface area contributed by atoms with Crippen LogP contribution in [0.2, 0.25) is 0 Å². The van der Waals surface area contributed by atoms with Crippen LogP contribution >= 0.6 is 12.4 Å². The van der Waals surface area contributed by atoms with Crippen LogP contribution in [-0.4, -0.2) is 63.3 Å². The number of fused-ring (bicyclic) bond motifs is 1. The second-order valence-corrected chi connectivity index (χ2v) is 7.95. The molecular weight excluding hydrogens is 436 g/mol. The molecule has 9 heteroatoms. The lowest BCUT2D eigenvalue weighted by Crippen LogP contribution is -2.42. The number of nitrogens with zero attached hydrogens (tertiary/aromatic N) is 2. The number of cyclic esters (lactones) is 1. The van der Waals surface area contributed by atoms with Crippen LogP contribution in [0.15, 0.2) is 42.5 Å². The SMILES string of the molecule is COc1ccc(N2C[C@H](CN3CCC(Oc4ccc5c(c4)OCO5)CC3)OC2=O)cc1.Cl. The molecule has 2 saturated heterocycles. The van der Waals surface area contributed by atoms with E-state index in [9.17, 15) is 4.79 Å². The predicted octanol–water partition coefficient (Wildman–Crippen LogP) is 3.71. The smallest absolute Gasteiger partial charge is 0.414 e. The van der Waals surface area contributed by atoms with Crippen molar-refractivity contribution in [2.45, 2.75) is 25.0 Å². The summed E-state index contributed by atoms with van der Waals surface area (Å²) in [5, 5.41) is 0.